The minimum Gasteiger partial charge on any atom is -0.463 e. The smallest absolute Gasteiger partial charge is 0.275 e. The van der Waals surface area contributed by atoms with E-state index in [0.29, 0.717) is 28.9 Å². The van der Waals surface area contributed by atoms with Crippen molar-refractivity contribution in [2.75, 3.05) is 0 Å². The van der Waals surface area contributed by atoms with Crippen LogP contribution in [0.5, 0.6) is 0 Å². The summed E-state index contributed by atoms with van der Waals surface area (Å²) in [4.78, 5) is 4.29. The van der Waals surface area contributed by atoms with Crippen molar-refractivity contribution >= 4 is 0 Å². The first-order chi connectivity index (χ1) is 8.86. The van der Waals surface area contributed by atoms with Gasteiger partial charge in [0.15, 0.2) is 11.6 Å². The number of aryl methyl sites for hydroxylation is 1. The maximum Gasteiger partial charge on any atom is 0.275 e. The third-order valence-corrected chi connectivity index (χ3v) is 2.52. The molecule has 18 heavy (non-hydrogen) atoms. The molecule has 6 heteroatoms. The van der Waals surface area contributed by atoms with Gasteiger partial charge < -0.3 is 8.94 Å². The standard InChI is InChI=1S/C12H12N4O2/c1-2-4-11-13-12(18-16-11)9-7-8(14-15-9)10-5-3-6-17-10/h3,5-7H,2,4H2,1H3,(H,14,15). The summed E-state index contributed by atoms with van der Waals surface area (Å²) >= 11 is 0. The largest absolute Gasteiger partial charge is 0.463 e. The van der Waals surface area contributed by atoms with Crippen LogP contribution in [0.2, 0.25) is 0 Å². The SMILES string of the molecule is CCCc1noc(-c2cc(-c3ccco3)n[nH]2)n1. The summed E-state index contributed by atoms with van der Waals surface area (Å²) in [6.45, 7) is 2.07. The molecular weight excluding hydrogens is 232 g/mol. The van der Waals surface area contributed by atoms with Crippen molar-refractivity contribution in [1.29, 1.82) is 0 Å². The van der Waals surface area contributed by atoms with E-state index in [4.69, 9.17) is 8.94 Å². The molecule has 0 saturated carbocycles. The third-order valence-electron chi connectivity index (χ3n) is 2.52. The van der Waals surface area contributed by atoms with Crippen molar-refractivity contribution in [3.8, 4) is 23.0 Å². The molecule has 92 valence electrons. The van der Waals surface area contributed by atoms with E-state index in [1.165, 1.54) is 0 Å². The van der Waals surface area contributed by atoms with Crippen LogP contribution in [0.3, 0.4) is 0 Å². The first-order valence-corrected chi connectivity index (χ1v) is 5.79. The second-order valence-corrected chi connectivity index (χ2v) is 3.91. The Bertz CT molecular complexity index is 624. The molecule has 1 N–H and O–H groups in total. The molecule has 3 aromatic rings. The molecule has 0 fully saturated rings. The van der Waals surface area contributed by atoms with Crippen LogP contribution >= 0.6 is 0 Å². The van der Waals surface area contributed by atoms with Gasteiger partial charge in [0.25, 0.3) is 5.89 Å². The molecule has 0 amide bonds. The normalized spacial score (nSPS) is 10.9. The summed E-state index contributed by atoms with van der Waals surface area (Å²) in [5.41, 5.74) is 1.40. The molecule has 6 nitrogen and oxygen atoms in total. The molecule has 0 aliphatic rings. The first-order valence-electron chi connectivity index (χ1n) is 5.79. The maximum absolute atomic E-state index is 5.26. The zero-order chi connectivity index (χ0) is 12.4. The highest BCUT2D eigenvalue weighted by atomic mass is 16.5. The maximum atomic E-state index is 5.26. The molecule has 0 aliphatic heterocycles. The molecular formula is C12H12N4O2. The van der Waals surface area contributed by atoms with Crippen LogP contribution in [-0.4, -0.2) is 20.3 Å². The van der Waals surface area contributed by atoms with Gasteiger partial charge in [0, 0.05) is 12.5 Å². The molecule has 3 heterocycles. The Hall–Kier alpha value is -2.37. The number of rotatable bonds is 4. The number of H-pyrrole nitrogens is 1. The minimum atomic E-state index is 0.448. The Morgan fingerprint density at radius 2 is 2.33 bits per heavy atom. The minimum absolute atomic E-state index is 0.448. The third kappa shape index (κ3) is 1.92. The second-order valence-electron chi connectivity index (χ2n) is 3.91. The second kappa shape index (κ2) is 4.48. The lowest BCUT2D eigenvalue weighted by atomic mass is 10.3. The van der Waals surface area contributed by atoms with E-state index in [9.17, 15) is 0 Å². The Morgan fingerprint density at radius 1 is 1.39 bits per heavy atom. The summed E-state index contributed by atoms with van der Waals surface area (Å²) in [5, 5.41) is 10.9. The molecule has 0 aliphatic carbocycles. The lowest BCUT2D eigenvalue weighted by molar-refractivity contribution is 0.421. The fourth-order valence-corrected chi connectivity index (χ4v) is 1.67. The summed E-state index contributed by atoms with van der Waals surface area (Å²) < 4.78 is 10.4. The molecule has 0 atom stereocenters. The van der Waals surface area contributed by atoms with Crippen LogP contribution in [0.4, 0.5) is 0 Å². The Labute approximate surface area is 103 Å². The van der Waals surface area contributed by atoms with Gasteiger partial charge >= 0.3 is 0 Å². The number of nitrogens with one attached hydrogen (secondary N) is 1. The Kier molecular flexibility index (Phi) is 2.68. The van der Waals surface area contributed by atoms with Crippen LogP contribution in [0.15, 0.2) is 33.4 Å². The van der Waals surface area contributed by atoms with Gasteiger partial charge in [0.2, 0.25) is 0 Å². The van der Waals surface area contributed by atoms with Gasteiger partial charge in [-0.25, -0.2) is 0 Å². The van der Waals surface area contributed by atoms with Crippen molar-refractivity contribution in [1.82, 2.24) is 20.3 Å². The monoisotopic (exact) mass is 244 g/mol. The fourth-order valence-electron chi connectivity index (χ4n) is 1.67. The van der Waals surface area contributed by atoms with E-state index in [0.717, 1.165) is 12.8 Å². The summed E-state index contributed by atoms with van der Waals surface area (Å²) in [5.74, 6) is 1.86. The van der Waals surface area contributed by atoms with Gasteiger partial charge in [0.1, 0.15) is 11.4 Å². The van der Waals surface area contributed by atoms with Crippen molar-refractivity contribution in [3.05, 3.63) is 30.3 Å². The van der Waals surface area contributed by atoms with Crippen LogP contribution in [0.1, 0.15) is 19.2 Å². The van der Waals surface area contributed by atoms with Crippen LogP contribution < -0.4 is 0 Å². The quantitative estimate of drug-likeness (QED) is 0.763. The zero-order valence-electron chi connectivity index (χ0n) is 9.88. The zero-order valence-corrected chi connectivity index (χ0v) is 9.88. The molecule has 0 saturated heterocycles. The van der Waals surface area contributed by atoms with Crippen molar-refractivity contribution in [3.63, 3.8) is 0 Å². The Balaban J connectivity index is 1.88. The van der Waals surface area contributed by atoms with Gasteiger partial charge in [-0.05, 0) is 18.6 Å². The van der Waals surface area contributed by atoms with E-state index in [-0.39, 0.29) is 0 Å². The van der Waals surface area contributed by atoms with Crippen LogP contribution in [0.25, 0.3) is 23.0 Å². The summed E-state index contributed by atoms with van der Waals surface area (Å²) in [7, 11) is 0. The van der Waals surface area contributed by atoms with E-state index in [1.807, 2.05) is 18.2 Å². The van der Waals surface area contributed by atoms with Gasteiger partial charge in [-0.1, -0.05) is 12.1 Å². The molecule has 0 bridgehead atoms. The lowest BCUT2D eigenvalue weighted by Crippen LogP contribution is -1.85. The van der Waals surface area contributed by atoms with E-state index < -0.39 is 0 Å². The molecule has 0 spiro atoms. The van der Waals surface area contributed by atoms with Gasteiger partial charge in [-0.3, -0.25) is 5.10 Å². The number of furan rings is 1. The predicted molar refractivity (Wildman–Crippen MR) is 63.6 cm³/mol. The van der Waals surface area contributed by atoms with Crippen molar-refractivity contribution in [2.45, 2.75) is 19.8 Å². The number of nitrogens with zero attached hydrogens (tertiary/aromatic N) is 3. The number of aromatic amines is 1. The van der Waals surface area contributed by atoms with Crippen LogP contribution in [0, 0.1) is 0 Å². The first kappa shape index (κ1) is 10.8. The molecule has 3 aromatic heterocycles. The molecule has 0 radical (unpaired) electrons. The summed E-state index contributed by atoms with van der Waals surface area (Å²) in [6, 6.07) is 5.48. The highest BCUT2D eigenvalue weighted by Gasteiger charge is 2.13. The fraction of sp³-hybridized carbons (Fsp3) is 0.250. The van der Waals surface area contributed by atoms with E-state index in [2.05, 4.69) is 27.3 Å². The van der Waals surface area contributed by atoms with E-state index >= 15 is 0 Å². The van der Waals surface area contributed by atoms with Gasteiger partial charge in [-0.2, -0.15) is 10.1 Å². The predicted octanol–water partition coefficient (Wildman–Crippen LogP) is 2.67. The highest BCUT2D eigenvalue weighted by Crippen LogP contribution is 2.22. The average molecular weight is 244 g/mol. The lowest BCUT2D eigenvalue weighted by Gasteiger charge is -1.85. The highest BCUT2D eigenvalue weighted by molar-refractivity contribution is 5.59. The van der Waals surface area contributed by atoms with Gasteiger partial charge in [-0.15, -0.1) is 0 Å². The molecule has 0 unspecified atom stereocenters. The van der Waals surface area contributed by atoms with E-state index in [1.54, 1.807) is 6.26 Å². The number of hydrogen-bond donors (Lipinski definition) is 1. The van der Waals surface area contributed by atoms with Crippen molar-refractivity contribution < 1.29 is 8.94 Å². The summed E-state index contributed by atoms with van der Waals surface area (Å²) in [6.07, 6.45) is 3.40. The topological polar surface area (TPSA) is 80.7 Å². The number of aromatic nitrogens is 4. The molecule has 3 rings (SSSR count). The molecule has 0 aromatic carbocycles. The van der Waals surface area contributed by atoms with Crippen molar-refractivity contribution in [2.24, 2.45) is 0 Å². The van der Waals surface area contributed by atoms with Gasteiger partial charge in [0.05, 0.1) is 6.26 Å². The average Bonchev–Trinajstić information content (AvgIpc) is 3.10. The Morgan fingerprint density at radius 3 is 3.11 bits per heavy atom. The number of hydrogen-bond acceptors (Lipinski definition) is 5. The van der Waals surface area contributed by atoms with Crippen LogP contribution in [-0.2, 0) is 6.42 Å².